The molecule has 0 spiro atoms. The number of hydrogen-bond acceptors (Lipinski definition) is 5. The first-order valence-corrected chi connectivity index (χ1v) is 6.19. The van der Waals surface area contributed by atoms with Gasteiger partial charge in [-0.3, -0.25) is 4.79 Å². The predicted molar refractivity (Wildman–Crippen MR) is 68.8 cm³/mol. The van der Waals surface area contributed by atoms with Gasteiger partial charge in [0.2, 0.25) is 0 Å². The molecule has 1 aromatic heterocycles. The summed E-state index contributed by atoms with van der Waals surface area (Å²) >= 11 is 0. The summed E-state index contributed by atoms with van der Waals surface area (Å²) in [6.07, 6.45) is 0. The fourth-order valence-electron chi connectivity index (χ4n) is 1.45. The SMILES string of the molecule is CCOC(=O)c1cc(C(C)(C)C)oc1COC(C)=O. The van der Waals surface area contributed by atoms with Crippen molar-refractivity contribution in [1.29, 1.82) is 0 Å². The van der Waals surface area contributed by atoms with Crippen LogP contribution in [0.25, 0.3) is 0 Å². The second-order valence-corrected chi connectivity index (χ2v) is 5.20. The van der Waals surface area contributed by atoms with Crippen LogP contribution in [0, 0.1) is 0 Å². The predicted octanol–water partition coefficient (Wildman–Crippen LogP) is 2.82. The zero-order valence-corrected chi connectivity index (χ0v) is 12.0. The summed E-state index contributed by atoms with van der Waals surface area (Å²) in [4.78, 5) is 22.7. The number of esters is 2. The normalized spacial score (nSPS) is 11.2. The number of carbonyl (C=O) groups excluding carboxylic acids is 2. The Hall–Kier alpha value is -1.78. The lowest BCUT2D eigenvalue weighted by molar-refractivity contribution is -0.142. The Balaban J connectivity index is 3.07. The van der Waals surface area contributed by atoms with Crippen molar-refractivity contribution in [2.24, 2.45) is 0 Å². The van der Waals surface area contributed by atoms with Crippen molar-refractivity contribution in [3.05, 3.63) is 23.2 Å². The van der Waals surface area contributed by atoms with Gasteiger partial charge in [0.1, 0.15) is 17.9 Å². The smallest absolute Gasteiger partial charge is 0.341 e. The van der Waals surface area contributed by atoms with Crippen LogP contribution < -0.4 is 0 Å². The van der Waals surface area contributed by atoms with Crippen LogP contribution in [0.2, 0.25) is 0 Å². The van der Waals surface area contributed by atoms with Gasteiger partial charge >= 0.3 is 11.9 Å². The number of carbonyl (C=O) groups is 2. The third-order valence-electron chi connectivity index (χ3n) is 2.45. The molecule has 1 aromatic rings. The van der Waals surface area contributed by atoms with Gasteiger partial charge in [0.15, 0.2) is 5.76 Å². The van der Waals surface area contributed by atoms with Gasteiger partial charge in [-0.1, -0.05) is 20.8 Å². The number of ether oxygens (including phenoxy) is 2. The lowest BCUT2D eigenvalue weighted by Crippen LogP contribution is -2.09. The van der Waals surface area contributed by atoms with Crippen LogP contribution in [0.3, 0.4) is 0 Å². The first kappa shape index (κ1) is 15.3. The molecule has 5 nitrogen and oxygen atoms in total. The van der Waals surface area contributed by atoms with Crippen LogP contribution in [-0.2, 0) is 26.3 Å². The third kappa shape index (κ3) is 4.12. The number of hydrogen-bond donors (Lipinski definition) is 0. The summed E-state index contributed by atoms with van der Waals surface area (Å²) in [6.45, 7) is 9.15. The second-order valence-electron chi connectivity index (χ2n) is 5.20. The minimum atomic E-state index is -0.469. The Morgan fingerprint density at radius 1 is 1.26 bits per heavy atom. The molecule has 0 aliphatic heterocycles. The van der Waals surface area contributed by atoms with Crippen molar-refractivity contribution in [2.75, 3.05) is 6.61 Å². The highest BCUT2D eigenvalue weighted by Gasteiger charge is 2.25. The molecule has 0 unspecified atom stereocenters. The molecule has 19 heavy (non-hydrogen) atoms. The average molecular weight is 268 g/mol. The van der Waals surface area contributed by atoms with Gasteiger partial charge in [-0.15, -0.1) is 0 Å². The standard InChI is InChI=1S/C14H20O5/c1-6-17-13(16)10-7-12(14(3,4)5)19-11(10)8-18-9(2)15/h7H,6,8H2,1-5H3. The van der Waals surface area contributed by atoms with Crippen LogP contribution in [0.5, 0.6) is 0 Å². The molecule has 106 valence electrons. The Kier molecular flexibility index (Phi) is 4.75. The van der Waals surface area contributed by atoms with Gasteiger partial charge in [-0.2, -0.15) is 0 Å². The number of furan rings is 1. The van der Waals surface area contributed by atoms with Crippen LogP contribution in [0.15, 0.2) is 10.5 Å². The lowest BCUT2D eigenvalue weighted by atomic mass is 9.93. The van der Waals surface area contributed by atoms with E-state index in [1.165, 1.54) is 6.92 Å². The highest BCUT2D eigenvalue weighted by Crippen LogP contribution is 2.28. The molecule has 0 aromatic carbocycles. The molecule has 5 heteroatoms. The van der Waals surface area contributed by atoms with E-state index in [0.717, 1.165) is 0 Å². The summed E-state index contributed by atoms with van der Waals surface area (Å²) in [5, 5.41) is 0. The Morgan fingerprint density at radius 2 is 1.89 bits per heavy atom. The fraction of sp³-hybridized carbons (Fsp3) is 0.571. The Labute approximate surface area is 112 Å². The largest absolute Gasteiger partial charge is 0.462 e. The Bertz CT molecular complexity index is 465. The van der Waals surface area contributed by atoms with Crippen molar-refractivity contribution in [3.8, 4) is 0 Å². The van der Waals surface area contributed by atoms with Gasteiger partial charge in [0.05, 0.1) is 6.61 Å². The second kappa shape index (κ2) is 5.91. The zero-order chi connectivity index (χ0) is 14.6. The topological polar surface area (TPSA) is 65.7 Å². The van der Waals surface area contributed by atoms with E-state index < -0.39 is 11.9 Å². The highest BCUT2D eigenvalue weighted by atomic mass is 16.5. The summed E-state index contributed by atoms with van der Waals surface area (Å²) < 4.78 is 15.5. The van der Waals surface area contributed by atoms with Crippen molar-refractivity contribution < 1.29 is 23.5 Å². The number of rotatable bonds is 4. The third-order valence-corrected chi connectivity index (χ3v) is 2.45. The fourth-order valence-corrected chi connectivity index (χ4v) is 1.45. The molecule has 1 heterocycles. The van der Waals surface area contributed by atoms with Crippen LogP contribution in [0.4, 0.5) is 0 Å². The molecule has 0 saturated carbocycles. The molecule has 0 fully saturated rings. The van der Waals surface area contributed by atoms with E-state index in [1.54, 1.807) is 13.0 Å². The van der Waals surface area contributed by atoms with Gasteiger partial charge < -0.3 is 13.9 Å². The molecule has 0 aliphatic carbocycles. The van der Waals surface area contributed by atoms with Crippen LogP contribution >= 0.6 is 0 Å². The molecule has 0 amide bonds. The summed E-state index contributed by atoms with van der Waals surface area (Å²) in [7, 11) is 0. The van der Waals surface area contributed by atoms with Crippen molar-refractivity contribution in [2.45, 2.75) is 46.6 Å². The average Bonchev–Trinajstić information content (AvgIpc) is 2.70. The molecule has 0 N–H and O–H groups in total. The van der Waals surface area contributed by atoms with E-state index in [1.807, 2.05) is 20.8 Å². The first-order chi connectivity index (χ1) is 8.75. The molecule has 0 atom stereocenters. The summed E-state index contributed by atoms with van der Waals surface area (Å²) in [5.41, 5.74) is 0.0726. The van der Waals surface area contributed by atoms with Crippen LogP contribution in [0.1, 0.15) is 56.5 Å². The minimum Gasteiger partial charge on any atom is -0.462 e. The quantitative estimate of drug-likeness (QED) is 0.785. The van der Waals surface area contributed by atoms with Crippen molar-refractivity contribution >= 4 is 11.9 Å². The van der Waals surface area contributed by atoms with E-state index in [0.29, 0.717) is 17.1 Å². The molecule has 0 radical (unpaired) electrons. The van der Waals surface area contributed by atoms with Crippen molar-refractivity contribution in [1.82, 2.24) is 0 Å². The molecule has 1 rings (SSSR count). The Morgan fingerprint density at radius 3 is 2.37 bits per heavy atom. The maximum Gasteiger partial charge on any atom is 0.341 e. The van der Waals surface area contributed by atoms with Crippen LogP contribution in [-0.4, -0.2) is 18.5 Å². The van der Waals surface area contributed by atoms with E-state index >= 15 is 0 Å². The minimum absolute atomic E-state index is 0.0699. The van der Waals surface area contributed by atoms with Gasteiger partial charge in [-0.25, -0.2) is 4.79 Å². The zero-order valence-electron chi connectivity index (χ0n) is 12.0. The van der Waals surface area contributed by atoms with E-state index in [9.17, 15) is 9.59 Å². The highest BCUT2D eigenvalue weighted by molar-refractivity contribution is 5.90. The molecular weight excluding hydrogens is 248 g/mol. The summed E-state index contributed by atoms with van der Waals surface area (Å²) in [6, 6.07) is 1.65. The maximum absolute atomic E-state index is 11.8. The van der Waals surface area contributed by atoms with Gasteiger partial charge in [0.25, 0.3) is 0 Å². The van der Waals surface area contributed by atoms with E-state index in [-0.39, 0.29) is 18.6 Å². The van der Waals surface area contributed by atoms with Gasteiger partial charge in [-0.05, 0) is 13.0 Å². The molecule has 0 saturated heterocycles. The monoisotopic (exact) mass is 268 g/mol. The van der Waals surface area contributed by atoms with Gasteiger partial charge in [0, 0.05) is 12.3 Å². The maximum atomic E-state index is 11.8. The van der Waals surface area contributed by atoms with Crippen molar-refractivity contribution in [3.63, 3.8) is 0 Å². The molecule has 0 aliphatic rings. The molecule has 0 bridgehead atoms. The van der Waals surface area contributed by atoms with E-state index in [2.05, 4.69) is 0 Å². The molecular formula is C14H20O5. The van der Waals surface area contributed by atoms with E-state index in [4.69, 9.17) is 13.9 Å². The summed E-state index contributed by atoms with van der Waals surface area (Å²) in [5.74, 6) is 0.0729. The first-order valence-electron chi connectivity index (χ1n) is 6.19. The lowest BCUT2D eigenvalue weighted by Gasteiger charge is -2.13.